The van der Waals surface area contributed by atoms with Crippen LogP contribution in [0.1, 0.15) is 143 Å². The summed E-state index contributed by atoms with van der Waals surface area (Å²) in [6.45, 7) is 15.2. The second-order valence-electron chi connectivity index (χ2n) is 9.19. The third-order valence-corrected chi connectivity index (χ3v) is 6.44. The Morgan fingerprint density at radius 2 is 0.536 bits per heavy atom. The average molecular weight is 418 g/mol. The van der Waals surface area contributed by atoms with Crippen LogP contribution in [0.15, 0.2) is 0 Å². The lowest BCUT2D eigenvalue weighted by molar-refractivity contribution is -0.929. The van der Waals surface area contributed by atoms with E-state index in [-0.39, 0.29) is 12.4 Å². The van der Waals surface area contributed by atoms with Crippen LogP contribution in [0.4, 0.5) is 0 Å². The fourth-order valence-corrected chi connectivity index (χ4v) is 4.52. The van der Waals surface area contributed by atoms with E-state index in [0.717, 1.165) is 0 Å². The molecule has 0 radical (unpaired) electrons. The van der Waals surface area contributed by atoms with Crippen molar-refractivity contribution in [3.63, 3.8) is 0 Å². The summed E-state index contributed by atoms with van der Waals surface area (Å²) in [5, 5.41) is 0. The molecule has 0 heterocycles. The van der Waals surface area contributed by atoms with Crippen molar-refractivity contribution in [2.45, 2.75) is 143 Å². The molecule has 0 aromatic carbocycles. The van der Waals surface area contributed by atoms with E-state index in [1.165, 1.54) is 146 Å². The van der Waals surface area contributed by atoms with Crippen molar-refractivity contribution in [1.29, 1.82) is 0 Å². The molecule has 0 aromatic heterocycles. The quantitative estimate of drug-likeness (QED) is 0.152. The van der Waals surface area contributed by atoms with Crippen molar-refractivity contribution in [3.05, 3.63) is 0 Å². The van der Waals surface area contributed by atoms with Crippen LogP contribution in [-0.2, 0) is 0 Å². The van der Waals surface area contributed by atoms with Crippen LogP contribution in [-0.4, -0.2) is 30.7 Å². The second-order valence-corrected chi connectivity index (χ2v) is 9.19. The summed E-state index contributed by atoms with van der Waals surface area (Å²) in [6, 6.07) is 0. The second kappa shape index (κ2) is 23.5. The Kier molecular flexibility index (Phi) is 25.6. The molecule has 172 valence electrons. The lowest BCUT2D eigenvalue weighted by Crippen LogP contribution is -3.00. The number of hydrogen-bond acceptors (Lipinski definition) is 0. The lowest BCUT2D eigenvalue weighted by atomic mass is 10.1. The van der Waals surface area contributed by atoms with Gasteiger partial charge in [-0.3, -0.25) is 0 Å². The summed E-state index contributed by atoms with van der Waals surface area (Å²) in [5.74, 6) is 0. The van der Waals surface area contributed by atoms with Crippen molar-refractivity contribution in [1.82, 2.24) is 0 Å². The van der Waals surface area contributed by atoms with Crippen LogP contribution < -0.4 is 12.4 Å². The predicted octanol–water partition coefficient (Wildman–Crippen LogP) is 5.91. The average Bonchev–Trinajstić information content (AvgIpc) is 2.67. The number of halogens is 1. The number of unbranched alkanes of at least 4 members (excludes halogenated alkanes) is 14. The maximum atomic E-state index is 2.35. The van der Waals surface area contributed by atoms with Crippen molar-refractivity contribution >= 4 is 0 Å². The molecule has 0 atom stereocenters. The summed E-state index contributed by atoms with van der Waals surface area (Å²) in [5.41, 5.74) is 0. The first kappa shape index (κ1) is 30.4. The highest BCUT2D eigenvalue weighted by atomic mass is 35.5. The van der Waals surface area contributed by atoms with Gasteiger partial charge in [0.2, 0.25) is 0 Å². The highest BCUT2D eigenvalue weighted by Gasteiger charge is 2.25. The van der Waals surface area contributed by atoms with Crippen LogP contribution in [0.2, 0.25) is 0 Å². The third-order valence-electron chi connectivity index (χ3n) is 6.44. The molecule has 1 nitrogen and oxygen atoms in total. The Hall–Kier alpha value is 0.250. The molecule has 0 rings (SSSR count). The van der Waals surface area contributed by atoms with E-state index in [4.69, 9.17) is 0 Å². The molecular formula is C26H56ClN. The first-order valence-corrected chi connectivity index (χ1v) is 13.1. The minimum absolute atomic E-state index is 0. The molecule has 0 aliphatic heterocycles. The fourth-order valence-electron chi connectivity index (χ4n) is 4.52. The molecule has 0 aromatic rings. The minimum atomic E-state index is 0. The largest absolute Gasteiger partial charge is 1.00 e. The smallest absolute Gasteiger partial charge is 0.0786 e. The van der Waals surface area contributed by atoms with Gasteiger partial charge in [-0.2, -0.15) is 0 Å². The molecule has 0 aliphatic rings. The third kappa shape index (κ3) is 18.3. The van der Waals surface area contributed by atoms with Crippen LogP contribution >= 0.6 is 0 Å². The predicted molar refractivity (Wildman–Crippen MR) is 126 cm³/mol. The van der Waals surface area contributed by atoms with Crippen molar-refractivity contribution in [2.24, 2.45) is 0 Å². The number of hydrogen-bond donors (Lipinski definition) is 0. The van der Waals surface area contributed by atoms with Crippen LogP contribution in [0.5, 0.6) is 0 Å². The normalized spacial score (nSPS) is 11.6. The highest BCUT2D eigenvalue weighted by Crippen LogP contribution is 2.19. The molecule has 0 aliphatic carbocycles. The van der Waals surface area contributed by atoms with E-state index in [2.05, 4.69) is 27.7 Å². The van der Waals surface area contributed by atoms with E-state index in [1.54, 1.807) is 0 Å². The molecule has 0 N–H and O–H groups in total. The Morgan fingerprint density at radius 1 is 0.321 bits per heavy atom. The molecule has 0 amide bonds. The van der Waals surface area contributed by atoms with Gasteiger partial charge in [0.15, 0.2) is 0 Å². The number of nitrogens with zero attached hydrogens (tertiary/aromatic N) is 1. The number of quaternary nitrogens is 1. The van der Waals surface area contributed by atoms with Crippen molar-refractivity contribution < 1.29 is 16.9 Å². The maximum absolute atomic E-state index is 2.35. The van der Waals surface area contributed by atoms with Crippen molar-refractivity contribution in [2.75, 3.05) is 26.2 Å². The minimum Gasteiger partial charge on any atom is -1.00 e. The van der Waals surface area contributed by atoms with Gasteiger partial charge in [0.25, 0.3) is 0 Å². The van der Waals surface area contributed by atoms with Gasteiger partial charge < -0.3 is 16.9 Å². The zero-order valence-electron chi connectivity index (χ0n) is 20.4. The zero-order chi connectivity index (χ0) is 20.1. The number of rotatable bonds is 22. The van der Waals surface area contributed by atoms with Gasteiger partial charge in [0.1, 0.15) is 0 Å². The summed E-state index contributed by atoms with van der Waals surface area (Å²) >= 11 is 0. The van der Waals surface area contributed by atoms with Gasteiger partial charge in [0, 0.05) is 0 Å². The fraction of sp³-hybridized carbons (Fsp3) is 1.00. The van der Waals surface area contributed by atoms with Crippen LogP contribution in [0, 0.1) is 0 Å². The Balaban J connectivity index is 0. The molecular weight excluding hydrogens is 362 g/mol. The SMILES string of the molecule is CCCCCCCCCCC[N+](CCCCC)(CCCCC)CCCCC.[Cl-]. The standard InChI is InChI=1S/C26H56N.ClH/c1-5-9-13-14-15-16-17-18-22-26-27(23-19-10-6-2,24-20-11-7-3)25-21-12-8-4;/h5-26H2,1-4H3;1H/q+1;/p-1. The lowest BCUT2D eigenvalue weighted by Gasteiger charge is -2.39. The molecule has 0 spiro atoms. The van der Waals surface area contributed by atoms with E-state index >= 15 is 0 Å². The molecule has 0 saturated heterocycles. The van der Waals surface area contributed by atoms with Gasteiger partial charge in [-0.25, -0.2) is 0 Å². The summed E-state index contributed by atoms with van der Waals surface area (Å²) < 4.78 is 1.45. The van der Waals surface area contributed by atoms with Gasteiger partial charge in [-0.05, 0) is 51.4 Å². The van der Waals surface area contributed by atoms with Gasteiger partial charge in [-0.15, -0.1) is 0 Å². The molecule has 0 unspecified atom stereocenters. The van der Waals surface area contributed by atoms with E-state index in [0.29, 0.717) is 0 Å². The first-order chi connectivity index (χ1) is 13.2. The Labute approximate surface area is 186 Å². The topological polar surface area (TPSA) is 0 Å². The summed E-state index contributed by atoms with van der Waals surface area (Å²) in [4.78, 5) is 0. The summed E-state index contributed by atoms with van der Waals surface area (Å²) in [6.07, 6.45) is 25.8. The van der Waals surface area contributed by atoms with Gasteiger partial charge >= 0.3 is 0 Å². The molecule has 0 saturated carbocycles. The Bertz CT molecular complexity index is 253. The van der Waals surface area contributed by atoms with E-state index in [9.17, 15) is 0 Å². The maximum Gasteiger partial charge on any atom is 0.0786 e. The molecule has 0 bridgehead atoms. The van der Waals surface area contributed by atoms with E-state index in [1.807, 2.05) is 0 Å². The van der Waals surface area contributed by atoms with Gasteiger partial charge in [0.05, 0.1) is 26.2 Å². The van der Waals surface area contributed by atoms with Gasteiger partial charge in [-0.1, -0.05) is 91.9 Å². The van der Waals surface area contributed by atoms with Crippen LogP contribution in [0.3, 0.4) is 0 Å². The first-order valence-electron chi connectivity index (χ1n) is 13.1. The van der Waals surface area contributed by atoms with Crippen molar-refractivity contribution in [3.8, 4) is 0 Å². The van der Waals surface area contributed by atoms with Crippen LogP contribution in [0.25, 0.3) is 0 Å². The Morgan fingerprint density at radius 3 is 0.857 bits per heavy atom. The monoisotopic (exact) mass is 417 g/mol. The molecule has 0 fully saturated rings. The highest BCUT2D eigenvalue weighted by molar-refractivity contribution is 4.53. The van der Waals surface area contributed by atoms with E-state index < -0.39 is 0 Å². The molecule has 28 heavy (non-hydrogen) atoms. The molecule has 2 heteroatoms. The summed E-state index contributed by atoms with van der Waals surface area (Å²) in [7, 11) is 0. The zero-order valence-corrected chi connectivity index (χ0v) is 21.1.